The van der Waals surface area contributed by atoms with Crippen molar-refractivity contribution in [3.63, 3.8) is 0 Å². The van der Waals surface area contributed by atoms with Gasteiger partial charge in [0.15, 0.2) is 0 Å². The molecule has 1 aliphatic heterocycles. The van der Waals surface area contributed by atoms with E-state index in [-0.39, 0.29) is 16.4 Å². The van der Waals surface area contributed by atoms with Crippen molar-refractivity contribution in [2.24, 2.45) is 4.99 Å². The summed E-state index contributed by atoms with van der Waals surface area (Å²) in [7, 11) is 0.136. The second-order valence-corrected chi connectivity index (χ2v) is 6.85. The molecule has 1 aliphatic carbocycles. The van der Waals surface area contributed by atoms with Crippen molar-refractivity contribution in [3.8, 4) is 0 Å². The zero-order chi connectivity index (χ0) is 13.4. The highest BCUT2D eigenvalue weighted by Gasteiger charge is 2.23. The molecule has 1 amide bonds. The van der Waals surface area contributed by atoms with E-state index in [9.17, 15) is 4.79 Å². The van der Waals surface area contributed by atoms with Gasteiger partial charge in [-0.25, -0.2) is 4.99 Å². The molecule has 0 fully saturated rings. The third-order valence-electron chi connectivity index (χ3n) is 3.78. The van der Waals surface area contributed by atoms with E-state index < -0.39 is 0 Å². The first-order valence-electron chi connectivity index (χ1n) is 6.60. The largest absolute Gasteiger partial charge is 0.356 e. The van der Waals surface area contributed by atoms with Gasteiger partial charge in [-0.2, -0.15) is 0 Å². The molecule has 100 valence electrons. The summed E-state index contributed by atoms with van der Waals surface area (Å²) in [5.41, 5.74) is 3.54. The molecule has 1 N–H and O–H groups in total. The first-order chi connectivity index (χ1) is 9.16. The van der Waals surface area contributed by atoms with Crippen LogP contribution in [0.4, 0.5) is 0 Å². The van der Waals surface area contributed by atoms with Crippen molar-refractivity contribution in [1.29, 1.82) is 0 Å². The number of carbonyl (C=O) groups is 1. The molecule has 1 aromatic rings. The lowest BCUT2D eigenvalue weighted by atomic mass is 9.97. The van der Waals surface area contributed by atoms with E-state index in [1.54, 1.807) is 6.92 Å². The van der Waals surface area contributed by atoms with Gasteiger partial charge in [-0.15, -0.1) is 10.5 Å². The number of nitrogens with one attached hydrogen (secondary N) is 1. The summed E-state index contributed by atoms with van der Waals surface area (Å²) >= 11 is 0. The van der Waals surface area contributed by atoms with Crippen LogP contribution in [0.5, 0.6) is 0 Å². The molecule has 0 aromatic heterocycles. The lowest BCUT2D eigenvalue weighted by Crippen LogP contribution is -2.23. The lowest BCUT2D eigenvalue weighted by Gasteiger charge is -2.15. The Bertz CT molecular complexity index is 691. The van der Waals surface area contributed by atoms with Crippen molar-refractivity contribution in [2.75, 3.05) is 12.8 Å². The number of rotatable bonds is 3. The van der Waals surface area contributed by atoms with Crippen molar-refractivity contribution in [2.45, 2.75) is 30.6 Å². The van der Waals surface area contributed by atoms with Crippen molar-refractivity contribution < 1.29 is 4.79 Å². The lowest BCUT2D eigenvalue weighted by molar-refractivity contribution is -0.118. The quantitative estimate of drug-likeness (QED) is 0.825. The Morgan fingerprint density at radius 2 is 2.37 bits per heavy atom. The van der Waals surface area contributed by atoms with Gasteiger partial charge in [0.1, 0.15) is 0 Å². The van der Waals surface area contributed by atoms with Crippen LogP contribution in [-0.2, 0) is 4.79 Å². The maximum atomic E-state index is 11.0. The van der Waals surface area contributed by atoms with Crippen LogP contribution in [0.1, 0.15) is 31.2 Å². The molecule has 0 bridgehead atoms. The molecule has 1 heterocycles. The highest BCUT2D eigenvalue weighted by molar-refractivity contribution is 8.14. The molecule has 0 radical (unpaired) electrons. The Balaban J connectivity index is 1.90. The fourth-order valence-electron chi connectivity index (χ4n) is 2.90. The van der Waals surface area contributed by atoms with Crippen LogP contribution in [-0.4, -0.2) is 24.2 Å². The molecule has 2 atom stereocenters. The van der Waals surface area contributed by atoms with E-state index in [4.69, 9.17) is 0 Å². The Kier molecular flexibility index (Phi) is 3.27. The monoisotopic (exact) mass is 274 g/mol. The Labute approximate surface area is 115 Å². The minimum Gasteiger partial charge on any atom is -0.356 e. The number of amides is 1. The second kappa shape index (κ2) is 4.93. The molecule has 2 aliphatic rings. The zero-order valence-corrected chi connectivity index (χ0v) is 12.1. The van der Waals surface area contributed by atoms with Crippen LogP contribution in [0.25, 0.3) is 6.08 Å². The maximum absolute atomic E-state index is 11.0. The van der Waals surface area contributed by atoms with E-state index in [1.807, 2.05) is 0 Å². The standard InChI is InChI=1S/C15H18N2OS/c1-10(18)16-8-7-12-4-3-11-5-6-13-15(14(11)12)19(2)9-17-13/h3,5-6,9,12H,4,7-8H2,1-2H3,(H,16,18). The van der Waals surface area contributed by atoms with E-state index in [0.29, 0.717) is 5.92 Å². The average molecular weight is 274 g/mol. The van der Waals surface area contributed by atoms with Gasteiger partial charge >= 0.3 is 0 Å². The van der Waals surface area contributed by atoms with E-state index in [2.05, 4.69) is 40.3 Å². The van der Waals surface area contributed by atoms with Crippen LogP contribution in [0.3, 0.4) is 0 Å². The number of hydrogen-bond donors (Lipinski definition) is 1. The third kappa shape index (κ3) is 2.25. The van der Waals surface area contributed by atoms with Crippen LogP contribution in [0.2, 0.25) is 0 Å². The summed E-state index contributed by atoms with van der Waals surface area (Å²) in [6, 6.07) is 4.32. The first-order valence-corrected chi connectivity index (χ1v) is 8.30. The van der Waals surface area contributed by atoms with Gasteiger partial charge in [-0.1, -0.05) is 12.1 Å². The van der Waals surface area contributed by atoms with Crippen LogP contribution >= 0.6 is 10.5 Å². The van der Waals surface area contributed by atoms with Gasteiger partial charge in [0.25, 0.3) is 0 Å². The van der Waals surface area contributed by atoms with Gasteiger partial charge < -0.3 is 5.32 Å². The molecular weight excluding hydrogens is 256 g/mol. The highest BCUT2D eigenvalue weighted by Crippen LogP contribution is 2.34. The fourth-order valence-corrected chi connectivity index (χ4v) is 4.36. The van der Waals surface area contributed by atoms with Crippen molar-refractivity contribution in [1.82, 2.24) is 5.32 Å². The predicted octanol–water partition coefficient (Wildman–Crippen LogP) is 1.13. The van der Waals surface area contributed by atoms with Gasteiger partial charge in [0.05, 0.1) is 10.8 Å². The maximum Gasteiger partial charge on any atom is 0.216 e. The number of benzene rings is 1. The van der Waals surface area contributed by atoms with Gasteiger partial charge in [-0.3, -0.25) is 4.79 Å². The molecule has 3 rings (SSSR count). The molecule has 0 saturated carbocycles. The SMILES string of the molecule is CC(=O)NCCC1CC=c2ccc3c(c21)S(C)=CN=3. The second-order valence-electron chi connectivity index (χ2n) is 5.12. The van der Waals surface area contributed by atoms with Crippen LogP contribution in [0.15, 0.2) is 22.0 Å². The predicted molar refractivity (Wildman–Crippen MR) is 80.2 cm³/mol. The van der Waals surface area contributed by atoms with Crippen molar-refractivity contribution in [3.05, 3.63) is 28.3 Å². The molecular formula is C15H18N2OS. The fraction of sp³-hybridized carbons (Fsp3) is 0.400. The minimum absolute atomic E-state index is 0.0547. The Morgan fingerprint density at radius 3 is 3.16 bits per heavy atom. The van der Waals surface area contributed by atoms with Crippen molar-refractivity contribution >= 4 is 28.0 Å². The molecule has 0 saturated heterocycles. The Hall–Kier alpha value is -1.42. The third-order valence-corrected chi connectivity index (χ3v) is 5.27. The minimum atomic E-state index is 0.0547. The van der Waals surface area contributed by atoms with E-state index >= 15 is 0 Å². The van der Waals surface area contributed by atoms with E-state index in [0.717, 1.165) is 24.7 Å². The smallest absolute Gasteiger partial charge is 0.216 e. The van der Waals surface area contributed by atoms with Gasteiger partial charge in [-0.05, 0) is 41.9 Å². The average Bonchev–Trinajstić information content (AvgIpc) is 2.93. The summed E-state index contributed by atoms with van der Waals surface area (Å²) in [6.07, 6.45) is 6.65. The summed E-state index contributed by atoms with van der Waals surface area (Å²) < 4.78 is 0. The summed E-state index contributed by atoms with van der Waals surface area (Å²) in [5, 5.41) is 5.42. The van der Waals surface area contributed by atoms with Crippen LogP contribution in [0, 0.1) is 0 Å². The first kappa shape index (κ1) is 12.6. The molecule has 3 nitrogen and oxygen atoms in total. The topological polar surface area (TPSA) is 41.5 Å². The molecule has 1 aromatic carbocycles. The molecule has 2 unspecified atom stereocenters. The number of hydrogen-bond acceptors (Lipinski definition) is 2. The summed E-state index contributed by atoms with van der Waals surface area (Å²) in [5.74, 6) is 0.590. The van der Waals surface area contributed by atoms with Gasteiger partial charge in [0.2, 0.25) is 5.91 Å². The molecule has 19 heavy (non-hydrogen) atoms. The molecule has 0 spiro atoms. The zero-order valence-electron chi connectivity index (χ0n) is 11.3. The molecule has 4 heteroatoms. The summed E-state index contributed by atoms with van der Waals surface area (Å²) in [6.45, 7) is 2.33. The Morgan fingerprint density at radius 1 is 1.53 bits per heavy atom. The normalized spacial score (nSPS) is 22.8. The number of carbonyl (C=O) groups excluding carboxylic acids is 1. The van der Waals surface area contributed by atoms with Gasteiger partial charge in [0, 0.05) is 18.4 Å². The summed E-state index contributed by atoms with van der Waals surface area (Å²) in [4.78, 5) is 16.9. The number of nitrogens with zero attached hydrogens (tertiary/aromatic N) is 1. The van der Waals surface area contributed by atoms with Crippen LogP contribution < -0.4 is 15.9 Å². The van der Waals surface area contributed by atoms with E-state index in [1.165, 1.54) is 15.7 Å². The number of fused-ring (bicyclic) bond motifs is 3. The highest BCUT2D eigenvalue weighted by atomic mass is 32.2.